The average Bonchev–Trinajstić information content (AvgIpc) is 2.84. The van der Waals surface area contributed by atoms with E-state index in [9.17, 15) is 4.79 Å². The van der Waals surface area contributed by atoms with Gasteiger partial charge < -0.3 is 9.42 Å². The number of pyridine rings is 1. The van der Waals surface area contributed by atoms with Crippen molar-refractivity contribution in [1.82, 2.24) is 15.0 Å². The summed E-state index contributed by atoms with van der Waals surface area (Å²) in [4.78, 5) is 19.1. The van der Waals surface area contributed by atoms with Crippen LogP contribution in [0.5, 0.6) is 0 Å². The minimum atomic E-state index is 0.00116. The molecular weight excluding hydrogens is 278 g/mol. The first-order chi connectivity index (χ1) is 10.3. The zero-order valence-corrected chi connectivity index (χ0v) is 14.3. The zero-order valence-electron chi connectivity index (χ0n) is 14.3. The van der Waals surface area contributed by atoms with Gasteiger partial charge in [-0.05, 0) is 31.2 Å². The molecule has 0 saturated carbocycles. The van der Waals surface area contributed by atoms with Crippen LogP contribution in [0, 0.1) is 12.8 Å². The van der Waals surface area contributed by atoms with E-state index in [-0.39, 0.29) is 11.8 Å². The van der Waals surface area contributed by atoms with Crippen molar-refractivity contribution >= 4 is 17.0 Å². The predicted octanol–water partition coefficient (Wildman–Crippen LogP) is 3.77. The summed E-state index contributed by atoms with van der Waals surface area (Å²) < 4.78 is 5.28. The molecule has 2 rings (SSSR count). The number of hydrogen-bond acceptors (Lipinski definition) is 4. The van der Waals surface area contributed by atoms with Gasteiger partial charge in [0.05, 0.1) is 16.6 Å². The minimum absolute atomic E-state index is 0.00116. The average molecular weight is 303 g/mol. The van der Waals surface area contributed by atoms with Crippen LogP contribution in [-0.2, 0) is 0 Å². The normalized spacial score (nSPS) is 11.6. The molecule has 120 valence electrons. The minimum Gasteiger partial charge on any atom is -0.342 e. The first kappa shape index (κ1) is 16.5. The van der Waals surface area contributed by atoms with Gasteiger partial charge in [-0.25, -0.2) is 4.98 Å². The number of rotatable bonds is 5. The van der Waals surface area contributed by atoms with Gasteiger partial charge in [0.1, 0.15) is 0 Å². The van der Waals surface area contributed by atoms with Crippen LogP contribution in [0.1, 0.15) is 61.8 Å². The fourth-order valence-corrected chi connectivity index (χ4v) is 2.34. The molecule has 0 radical (unpaired) electrons. The smallest absolute Gasteiger partial charge is 0.259 e. The van der Waals surface area contributed by atoms with Crippen LogP contribution in [0.3, 0.4) is 0 Å². The van der Waals surface area contributed by atoms with Crippen molar-refractivity contribution in [2.75, 3.05) is 13.6 Å². The third kappa shape index (κ3) is 3.29. The Hall–Kier alpha value is -1.91. The number of aromatic nitrogens is 2. The highest BCUT2D eigenvalue weighted by atomic mass is 16.5. The van der Waals surface area contributed by atoms with Crippen molar-refractivity contribution in [2.24, 2.45) is 5.92 Å². The maximum atomic E-state index is 12.8. The van der Waals surface area contributed by atoms with Crippen LogP contribution in [0.15, 0.2) is 10.6 Å². The number of amides is 1. The summed E-state index contributed by atoms with van der Waals surface area (Å²) >= 11 is 0. The molecule has 5 heteroatoms. The largest absolute Gasteiger partial charge is 0.342 e. The highest BCUT2D eigenvalue weighted by molar-refractivity contribution is 6.05. The number of nitrogens with zero attached hydrogens (tertiary/aromatic N) is 3. The molecule has 0 unspecified atom stereocenters. The topological polar surface area (TPSA) is 59.2 Å². The second kappa shape index (κ2) is 6.46. The number of hydrogen-bond donors (Lipinski definition) is 0. The van der Waals surface area contributed by atoms with E-state index < -0.39 is 0 Å². The Labute approximate surface area is 131 Å². The summed E-state index contributed by atoms with van der Waals surface area (Å²) in [5, 5.41) is 4.69. The van der Waals surface area contributed by atoms with Crippen LogP contribution in [0.25, 0.3) is 11.1 Å². The molecule has 5 nitrogen and oxygen atoms in total. The van der Waals surface area contributed by atoms with E-state index in [1.54, 1.807) is 4.90 Å². The van der Waals surface area contributed by atoms with E-state index in [4.69, 9.17) is 4.52 Å². The van der Waals surface area contributed by atoms with Crippen LogP contribution in [-0.4, -0.2) is 34.5 Å². The van der Waals surface area contributed by atoms with Gasteiger partial charge in [-0.1, -0.05) is 32.9 Å². The molecule has 0 fully saturated rings. The lowest BCUT2D eigenvalue weighted by Crippen LogP contribution is -2.29. The Bertz CT molecular complexity index is 674. The molecule has 0 bridgehead atoms. The van der Waals surface area contributed by atoms with Crippen LogP contribution < -0.4 is 0 Å². The number of aryl methyl sites for hydroxylation is 1. The van der Waals surface area contributed by atoms with Crippen LogP contribution in [0.2, 0.25) is 0 Å². The van der Waals surface area contributed by atoms with Gasteiger partial charge in [-0.15, -0.1) is 0 Å². The molecule has 0 atom stereocenters. The molecule has 0 spiro atoms. The Morgan fingerprint density at radius 1 is 1.32 bits per heavy atom. The van der Waals surface area contributed by atoms with Gasteiger partial charge in [0.2, 0.25) is 0 Å². The lowest BCUT2D eigenvalue weighted by molar-refractivity contribution is 0.0791. The second-order valence-electron chi connectivity index (χ2n) is 6.61. The highest BCUT2D eigenvalue weighted by Crippen LogP contribution is 2.26. The lowest BCUT2D eigenvalue weighted by atomic mass is 10.0. The number of fused-ring (bicyclic) bond motifs is 1. The molecule has 2 aromatic heterocycles. The number of carbonyl (C=O) groups excluding carboxylic acids is 1. The van der Waals surface area contributed by atoms with Gasteiger partial charge in [-0.2, -0.15) is 0 Å². The summed E-state index contributed by atoms with van der Waals surface area (Å²) in [6.45, 7) is 11.0. The monoisotopic (exact) mass is 303 g/mol. The van der Waals surface area contributed by atoms with Gasteiger partial charge in [0, 0.05) is 19.3 Å². The van der Waals surface area contributed by atoms with E-state index in [1.807, 2.05) is 33.9 Å². The molecular formula is C17H25N3O2. The molecule has 2 heterocycles. The van der Waals surface area contributed by atoms with Gasteiger partial charge in [-0.3, -0.25) is 4.79 Å². The Kier molecular flexibility index (Phi) is 4.84. The van der Waals surface area contributed by atoms with E-state index in [0.29, 0.717) is 22.9 Å². The van der Waals surface area contributed by atoms with Crippen molar-refractivity contribution in [2.45, 2.75) is 47.0 Å². The van der Waals surface area contributed by atoms with Gasteiger partial charge >= 0.3 is 0 Å². The molecule has 0 saturated heterocycles. The Balaban J connectivity index is 2.43. The molecule has 0 N–H and O–H groups in total. The predicted molar refractivity (Wildman–Crippen MR) is 87.0 cm³/mol. The fraction of sp³-hybridized carbons (Fsp3) is 0.588. The molecule has 22 heavy (non-hydrogen) atoms. The SMILES string of the molecule is Cc1noc2nc(C(C)C)cc(C(=O)N(C)CCC(C)C)c12. The van der Waals surface area contributed by atoms with Crippen molar-refractivity contribution in [3.8, 4) is 0 Å². The Morgan fingerprint density at radius 3 is 2.59 bits per heavy atom. The second-order valence-corrected chi connectivity index (χ2v) is 6.61. The molecule has 2 aromatic rings. The molecule has 0 aromatic carbocycles. The summed E-state index contributed by atoms with van der Waals surface area (Å²) in [6, 6.07) is 1.88. The number of carbonyl (C=O) groups is 1. The quantitative estimate of drug-likeness (QED) is 0.843. The van der Waals surface area contributed by atoms with Gasteiger partial charge in [0.25, 0.3) is 11.6 Å². The molecule has 0 aliphatic heterocycles. The maximum Gasteiger partial charge on any atom is 0.259 e. The Morgan fingerprint density at radius 2 is 2.00 bits per heavy atom. The van der Waals surface area contributed by atoms with E-state index >= 15 is 0 Å². The highest BCUT2D eigenvalue weighted by Gasteiger charge is 2.22. The molecule has 0 aliphatic rings. The van der Waals surface area contributed by atoms with E-state index in [2.05, 4.69) is 24.0 Å². The van der Waals surface area contributed by atoms with Crippen molar-refractivity contribution in [1.29, 1.82) is 0 Å². The first-order valence-corrected chi connectivity index (χ1v) is 7.83. The van der Waals surface area contributed by atoms with E-state index in [0.717, 1.165) is 24.0 Å². The first-order valence-electron chi connectivity index (χ1n) is 7.83. The summed E-state index contributed by atoms with van der Waals surface area (Å²) in [6.07, 6.45) is 0.982. The molecule has 0 aliphatic carbocycles. The third-order valence-corrected chi connectivity index (χ3v) is 3.85. The van der Waals surface area contributed by atoms with Crippen molar-refractivity contribution < 1.29 is 9.32 Å². The zero-order chi connectivity index (χ0) is 16.4. The van der Waals surface area contributed by atoms with Crippen LogP contribution >= 0.6 is 0 Å². The fourth-order valence-electron chi connectivity index (χ4n) is 2.34. The molecule has 1 amide bonds. The van der Waals surface area contributed by atoms with Crippen molar-refractivity contribution in [3.05, 3.63) is 23.0 Å². The van der Waals surface area contributed by atoms with Crippen LogP contribution in [0.4, 0.5) is 0 Å². The maximum absolute atomic E-state index is 12.8. The van der Waals surface area contributed by atoms with Gasteiger partial charge in [0.15, 0.2) is 0 Å². The third-order valence-electron chi connectivity index (χ3n) is 3.85. The summed E-state index contributed by atoms with van der Waals surface area (Å²) in [5.41, 5.74) is 2.64. The summed E-state index contributed by atoms with van der Waals surface area (Å²) in [5.74, 6) is 0.792. The lowest BCUT2D eigenvalue weighted by Gasteiger charge is -2.19. The van der Waals surface area contributed by atoms with Crippen molar-refractivity contribution in [3.63, 3.8) is 0 Å². The standard InChI is InChI=1S/C17H25N3O2/c1-10(2)7-8-20(6)17(21)13-9-14(11(3)4)18-16-15(13)12(5)19-22-16/h9-11H,7-8H2,1-6H3. The summed E-state index contributed by atoms with van der Waals surface area (Å²) in [7, 11) is 1.84. The van der Waals surface area contributed by atoms with E-state index in [1.165, 1.54) is 0 Å².